The predicted octanol–water partition coefficient (Wildman–Crippen LogP) is 2.64. The monoisotopic (exact) mass is 308 g/mol. The van der Waals surface area contributed by atoms with Gasteiger partial charge >= 0.3 is 0 Å². The lowest BCUT2D eigenvalue weighted by Gasteiger charge is -2.30. The molecule has 0 bridgehead atoms. The summed E-state index contributed by atoms with van der Waals surface area (Å²) in [5.74, 6) is 0.896. The Hall–Kier alpha value is -2.76. The van der Waals surface area contributed by atoms with Crippen LogP contribution in [-0.4, -0.2) is 39.1 Å². The lowest BCUT2D eigenvalue weighted by Crippen LogP contribution is -2.38. The first-order valence-corrected chi connectivity index (χ1v) is 7.72. The number of fused-ring (bicyclic) bond motifs is 1. The highest BCUT2D eigenvalue weighted by Crippen LogP contribution is 2.27. The van der Waals surface area contributed by atoms with Crippen LogP contribution in [0.15, 0.2) is 47.3 Å². The Morgan fingerprint density at radius 2 is 2.00 bits per heavy atom. The van der Waals surface area contributed by atoms with E-state index < -0.39 is 0 Å². The van der Waals surface area contributed by atoms with Crippen LogP contribution in [0.5, 0.6) is 0 Å². The molecule has 1 amide bonds. The molecule has 4 rings (SSSR count). The fourth-order valence-electron chi connectivity index (χ4n) is 3.13. The van der Waals surface area contributed by atoms with Crippen LogP contribution in [0.1, 0.15) is 35.1 Å². The molecule has 6 heteroatoms. The minimum Gasteiger partial charge on any atom is -0.428 e. The number of piperidine rings is 1. The van der Waals surface area contributed by atoms with Gasteiger partial charge in [0.1, 0.15) is 5.69 Å². The number of likely N-dealkylation sites (tertiary alicyclic amines) is 1. The molecule has 0 atom stereocenters. The van der Waals surface area contributed by atoms with Gasteiger partial charge in [-0.1, -0.05) is 24.3 Å². The van der Waals surface area contributed by atoms with Crippen molar-refractivity contribution < 1.29 is 9.21 Å². The van der Waals surface area contributed by atoms with Crippen molar-refractivity contribution in [2.45, 2.75) is 18.8 Å². The Kier molecular flexibility index (Phi) is 3.49. The minimum atomic E-state index is -0.00854. The summed E-state index contributed by atoms with van der Waals surface area (Å²) in [5.41, 5.74) is 0.527. The number of aromatic nitrogens is 3. The molecular formula is C17H16N4O2. The number of benzene rings is 1. The predicted molar refractivity (Wildman–Crippen MR) is 83.9 cm³/mol. The van der Waals surface area contributed by atoms with Gasteiger partial charge in [-0.05, 0) is 24.3 Å². The fourth-order valence-corrected chi connectivity index (χ4v) is 3.13. The minimum absolute atomic E-state index is 0.00854. The molecule has 0 N–H and O–H groups in total. The molecule has 0 saturated carbocycles. The molecule has 23 heavy (non-hydrogen) atoms. The van der Waals surface area contributed by atoms with Crippen molar-refractivity contribution in [3.8, 4) is 0 Å². The molecule has 0 aliphatic carbocycles. The Morgan fingerprint density at radius 1 is 1.17 bits per heavy atom. The van der Waals surface area contributed by atoms with Crippen LogP contribution in [0, 0.1) is 0 Å². The second kappa shape index (κ2) is 5.79. The van der Waals surface area contributed by atoms with Crippen LogP contribution in [0.25, 0.3) is 10.8 Å². The molecule has 6 nitrogen and oxygen atoms in total. The number of carbonyl (C=O) groups excluding carboxylic acids is 1. The highest BCUT2D eigenvalue weighted by Gasteiger charge is 2.28. The van der Waals surface area contributed by atoms with E-state index in [0.29, 0.717) is 24.7 Å². The first-order valence-electron chi connectivity index (χ1n) is 7.72. The van der Waals surface area contributed by atoms with Crippen LogP contribution in [0.3, 0.4) is 0 Å². The maximum atomic E-state index is 12.8. The Morgan fingerprint density at radius 3 is 2.78 bits per heavy atom. The van der Waals surface area contributed by atoms with E-state index in [-0.39, 0.29) is 11.8 Å². The van der Waals surface area contributed by atoms with E-state index in [0.717, 1.165) is 23.6 Å². The van der Waals surface area contributed by atoms with Gasteiger partial charge in [-0.25, -0.2) is 0 Å². The first kappa shape index (κ1) is 13.9. The quantitative estimate of drug-likeness (QED) is 0.727. The summed E-state index contributed by atoms with van der Waals surface area (Å²) in [7, 11) is 0. The van der Waals surface area contributed by atoms with Crippen molar-refractivity contribution in [1.82, 2.24) is 20.1 Å². The van der Waals surface area contributed by atoms with E-state index in [1.165, 1.54) is 6.39 Å². The second-order valence-corrected chi connectivity index (χ2v) is 5.72. The summed E-state index contributed by atoms with van der Waals surface area (Å²) >= 11 is 0. The van der Waals surface area contributed by atoms with E-state index >= 15 is 0 Å². The summed E-state index contributed by atoms with van der Waals surface area (Å²) in [6, 6.07) is 9.76. The highest BCUT2D eigenvalue weighted by atomic mass is 16.4. The van der Waals surface area contributed by atoms with E-state index in [1.807, 2.05) is 35.2 Å². The number of carbonyl (C=O) groups is 1. The third-order valence-corrected chi connectivity index (χ3v) is 4.38. The topological polar surface area (TPSA) is 72.1 Å². The molecule has 1 aromatic carbocycles. The SMILES string of the molecule is O=C(c1nccc2ccccc12)N1CCC(c2nnco2)CC1. The standard InChI is InChI=1S/C17H16N4O2/c22-17(15-14-4-2-1-3-12(14)5-8-18-15)21-9-6-13(7-10-21)16-20-19-11-23-16/h1-5,8,11,13H,6-7,9-10H2. The number of hydrogen-bond donors (Lipinski definition) is 0. The van der Waals surface area contributed by atoms with Gasteiger partial charge in [0.25, 0.3) is 5.91 Å². The maximum absolute atomic E-state index is 12.8. The molecule has 0 radical (unpaired) electrons. The maximum Gasteiger partial charge on any atom is 0.273 e. The van der Waals surface area contributed by atoms with Crippen LogP contribution >= 0.6 is 0 Å². The molecule has 2 aromatic heterocycles. The van der Waals surface area contributed by atoms with Gasteiger partial charge in [-0.3, -0.25) is 9.78 Å². The molecule has 0 unspecified atom stereocenters. The zero-order valence-corrected chi connectivity index (χ0v) is 12.6. The molecule has 1 fully saturated rings. The third-order valence-electron chi connectivity index (χ3n) is 4.38. The molecule has 3 aromatic rings. The average molecular weight is 308 g/mol. The van der Waals surface area contributed by atoms with Gasteiger partial charge in [-0.2, -0.15) is 0 Å². The number of amides is 1. The smallest absolute Gasteiger partial charge is 0.273 e. The summed E-state index contributed by atoms with van der Waals surface area (Å²) < 4.78 is 5.27. The lowest BCUT2D eigenvalue weighted by molar-refractivity contribution is 0.0702. The van der Waals surface area contributed by atoms with Crippen LogP contribution in [0.2, 0.25) is 0 Å². The Labute approximate surface area is 133 Å². The van der Waals surface area contributed by atoms with Crippen molar-refractivity contribution >= 4 is 16.7 Å². The third kappa shape index (κ3) is 2.56. The molecule has 1 aliphatic heterocycles. The zero-order valence-electron chi connectivity index (χ0n) is 12.6. The van der Waals surface area contributed by atoms with Crippen molar-refractivity contribution in [3.63, 3.8) is 0 Å². The van der Waals surface area contributed by atoms with Gasteiger partial charge in [0.15, 0.2) is 0 Å². The molecule has 3 heterocycles. The molecular weight excluding hydrogens is 292 g/mol. The van der Waals surface area contributed by atoms with Gasteiger partial charge in [0.05, 0.1) is 0 Å². The number of hydrogen-bond acceptors (Lipinski definition) is 5. The number of rotatable bonds is 2. The van der Waals surface area contributed by atoms with Gasteiger partial charge < -0.3 is 9.32 Å². The van der Waals surface area contributed by atoms with Crippen molar-refractivity contribution in [2.24, 2.45) is 0 Å². The Balaban J connectivity index is 1.54. The van der Waals surface area contributed by atoms with E-state index in [9.17, 15) is 4.79 Å². The largest absolute Gasteiger partial charge is 0.428 e. The molecule has 1 aliphatic rings. The highest BCUT2D eigenvalue weighted by molar-refractivity contribution is 6.05. The van der Waals surface area contributed by atoms with E-state index in [4.69, 9.17) is 4.42 Å². The van der Waals surface area contributed by atoms with Gasteiger partial charge in [0, 0.05) is 30.6 Å². The molecule has 116 valence electrons. The summed E-state index contributed by atoms with van der Waals surface area (Å²) in [6.07, 6.45) is 4.71. The number of pyridine rings is 1. The summed E-state index contributed by atoms with van der Waals surface area (Å²) in [6.45, 7) is 1.35. The zero-order chi connectivity index (χ0) is 15.6. The van der Waals surface area contributed by atoms with E-state index in [1.54, 1.807) is 6.20 Å². The molecule has 1 saturated heterocycles. The van der Waals surface area contributed by atoms with Gasteiger partial charge in [-0.15, -0.1) is 10.2 Å². The van der Waals surface area contributed by atoms with Crippen LogP contribution < -0.4 is 0 Å². The van der Waals surface area contributed by atoms with Crippen LogP contribution in [-0.2, 0) is 0 Å². The second-order valence-electron chi connectivity index (χ2n) is 5.72. The number of nitrogens with zero attached hydrogens (tertiary/aromatic N) is 4. The summed E-state index contributed by atoms with van der Waals surface area (Å²) in [4.78, 5) is 19.0. The Bertz CT molecular complexity index is 818. The van der Waals surface area contributed by atoms with Crippen LogP contribution in [0.4, 0.5) is 0 Å². The van der Waals surface area contributed by atoms with Gasteiger partial charge in [0.2, 0.25) is 12.3 Å². The van der Waals surface area contributed by atoms with Crippen molar-refractivity contribution in [3.05, 3.63) is 54.5 Å². The first-order chi connectivity index (χ1) is 11.3. The normalized spacial score (nSPS) is 15.9. The van der Waals surface area contributed by atoms with Crippen molar-refractivity contribution in [1.29, 1.82) is 0 Å². The van der Waals surface area contributed by atoms with E-state index in [2.05, 4.69) is 15.2 Å². The summed E-state index contributed by atoms with van der Waals surface area (Å²) in [5, 5.41) is 9.64. The van der Waals surface area contributed by atoms with Crippen molar-refractivity contribution in [2.75, 3.05) is 13.1 Å². The fraction of sp³-hybridized carbons (Fsp3) is 0.294. The average Bonchev–Trinajstić information content (AvgIpc) is 3.15. The molecule has 0 spiro atoms. The lowest BCUT2D eigenvalue weighted by atomic mass is 9.96.